The predicted octanol–water partition coefficient (Wildman–Crippen LogP) is 2.57. The first-order valence-electron chi connectivity index (χ1n) is 5.65. The fourth-order valence-corrected chi connectivity index (χ4v) is 2.67. The van der Waals surface area contributed by atoms with Crippen molar-refractivity contribution < 1.29 is 13.6 Å². The summed E-state index contributed by atoms with van der Waals surface area (Å²) in [4.78, 5) is 15.2. The summed E-state index contributed by atoms with van der Waals surface area (Å²) in [6, 6.07) is 3.28. The number of thioether (sulfide) groups is 1. The number of benzene rings is 1. The molecule has 1 aliphatic rings. The van der Waals surface area contributed by atoms with Crippen molar-refractivity contribution >= 4 is 23.5 Å². The quantitative estimate of drug-likeness (QED) is 0.784. The Bertz CT molecular complexity index is 450. The highest BCUT2D eigenvalue weighted by atomic mass is 32.2. The van der Waals surface area contributed by atoms with Crippen molar-refractivity contribution in [3.63, 3.8) is 0 Å². The molecule has 1 fully saturated rings. The van der Waals surface area contributed by atoms with Gasteiger partial charge in [-0.2, -0.15) is 11.8 Å². The SMILES string of the molecule is CN(C(=O)N1CCSCC1)c1ccc(F)c(F)c1. The van der Waals surface area contributed by atoms with E-state index in [1.807, 2.05) is 0 Å². The minimum absolute atomic E-state index is 0.179. The summed E-state index contributed by atoms with van der Waals surface area (Å²) in [5.41, 5.74) is 0.358. The molecule has 18 heavy (non-hydrogen) atoms. The van der Waals surface area contributed by atoms with Crippen LogP contribution in [-0.4, -0.2) is 42.6 Å². The molecular weight excluding hydrogens is 258 g/mol. The first kappa shape index (κ1) is 13.1. The molecule has 1 aromatic rings. The van der Waals surface area contributed by atoms with Gasteiger partial charge in [0.15, 0.2) is 11.6 Å². The molecule has 0 spiro atoms. The van der Waals surface area contributed by atoms with Crippen molar-refractivity contribution in [2.24, 2.45) is 0 Å². The molecule has 2 amide bonds. The molecule has 98 valence electrons. The molecule has 2 rings (SSSR count). The van der Waals surface area contributed by atoms with E-state index < -0.39 is 11.6 Å². The number of carbonyl (C=O) groups is 1. The van der Waals surface area contributed by atoms with Gasteiger partial charge in [0.1, 0.15) is 0 Å². The van der Waals surface area contributed by atoms with Crippen LogP contribution in [0.3, 0.4) is 0 Å². The summed E-state index contributed by atoms with van der Waals surface area (Å²) in [6.07, 6.45) is 0. The van der Waals surface area contributed by atoms with E-state index >= 15 is 0 Å². The molecule has 0 radical (unpaired) electrons. The van der Waals surface area contributed by atoms with E-state index in [2.05, 4.69) is 0 Å². The highest BCUT2D eigenvalue weighted by molar-refractivity contribution is 7.99. The van der Waals surface area contributed by atoms with Crippen LogP contribution >= 0.6 is 11.8 Å². The molecule has 0 saturated carbocycles. The topological polar surface area (TPSA) is 23.6 Å². The Balaban J connectivity index is 2.11. The van der Waals surface area contributed by atoms with Gasteiger partial charge in [-0.25, -0.2) is 13.6 Å². The van der Waals surface area contributed by atoms with Crippen molar-refractivity contribution in [3.05, 3.63) is 29.8 Å². The molecule has 1 aliphatic heterocycles. The van der Waals surface area contributed by atoms with Gasteiger partial charge in [0.2, 0.25) is 0 Å². The van der Waals surface area contributed by atoms with Crippen LogP contribution in [0.5, 0.6) is 0 Å². The van der Waals surface area contributed by atoms with Gasteiger partial charge in [0, 0.05) is 43.4 Å². The van der Waals surface area contributed by atoms with Gasteiger partial charge >= 0.3 is 6.03 Å². The van der Waals surface area contributed by atoms with Crippen molar-refractivity contribution in [3.8, 4) is 0 Å². The lowest BCUT2D eigenvalue weighted by Crippen LogP contribution is -2.45. The summed E-state index contributed by atoms with van der Waals surface area (Å²) in [7, 11) is 1.57. The molecule has 0 unspecified atom stereocenters. The number of nitrogens with zero attached hydrogens (tertiary/aromatic N) is 2. The molecule has 1 saturated heterocycles. The maximum absolute atomic E-state index is 13.1. The Morgan fingerprint density at radius 1 is 1.28 bits per heavy atom. The van der Waals surface area contributed by atoms with Crippen molar-refractivity contribution in [2.45, 2.75) is 0 Å². The van der Waals surface area contributed by atoms with E-state index in [0.717, 1.165) is 23.6 Å². The van der Waals surface area contributed by atoms with Gasteiger partial charge in [-0.05, 0) is 12.1 Å². The number of hydrogen-bond donors (Lipinski definition) is 0. The number of halogens is 2. The van der Waals surface area contributed by atoms with Gasteiger partial charge in [-0.1, -0.05) is 0 Å². The highest BCUT2D eigenvalue weighted by Gasteiger charge is 2.21. The van der Waals surface area contributed by atoms with Crippen LogP contribution in [0.2, 0.25) is 0 Å². The van der Waals surface area contributed by atoms with Gasteiger partial charge in [-0.15, -0.1) is 0 Å². The van der Waals surface area contributed by atoms with Crippen molar-refractivity contribution in [2.75, 3.05) is 36.5 Å². The molecule has 3 nitrogen and oxygen atoms in total. The maximum Gasteiger partial charge on any atom is 0.324 e. The Kier molecular flexibility index (Phi) is 4.06. The Morgan fingerprint density at radius 3 is 2.56 bits per heavy atom. The number of carbonyl (C=O) groups excluding carboxylic acids is 1. The van der Waals surface area contributed by atoms with Gasteiger partial charge < -0.3 is 4.90 Å². The van der Waals surface area contributed by atoms with Crippen LogP contribution in [0.4, 0.5) is 19.3 Å². The van der Waals surface area contributed by atoms with Crippen LogP contribution in [0, 0.1) is 11.6 Å². The molecule has 6 heteroatoms. The Hall–Kier alpha value is -1.30. The van der Waals surface area contributed by atoms with Gasteiger partial charge in [-0.3, -0.25) is 4.90 Å². The van der Waals surface area contributed by atoms with Crippen molar-refractivity contribution in [1.29, 1.82) is 0 Å². The number of rotatable bonds is 1. The minimum Gasteiger partial charge on any atom is -0.323 e. The molecule has 0 aromatic heterocycles. The van der Waals surface area contributed by atoms with E-state index in [-0.39, 0.29) is 6.03 Å². The zero-order valence-electron chi connectivity index (χ0n) is 10.0. The molecule has 1 heterocycles. The lowest BCUT2D eigenvalue weighted by molar-refractivity contribution is 0.211. The summed E-state index contributed by atoms with van der Waals surface area (Å²) in [6.45, 7) is 1.38. The summed E-state index contributed by atoms with van der Waals surface area (Å²) in [5.74, 6) is -0.0235. The average molecular weight is 272 g/mol. The lowest BCUT2D eigenvalue weighted by atomic mass is 10.3. The average Bonchev–Trinajstić information content (AvgIpc) is 2.41. The van der Waals surface area contributed by atoms with E-state index in [1.165, 1.54) is 11.0 Å². The first-order valence-corrected chi connectivity index (χ1v) is 6.80. The van der Waals surface area contributed by atoms with E-state index in [9.17, 15) is 13.6 Å². The second kappa shape index (κ2) is 5.56. The second-order valence-electron chi connectivity index (χ2n) is 4.04. The number of anilines is 1. The monoisotopic (exact) mass is 272 g/mol. The molecular formula is C12H14F2N2OS. The minimum atomic E-state index is -0.943. The van der Waals surface area contributed by atoms with Crippen molar-refractivity contribution in [1.82, 2.24) is 4.90 Å². The van der Waals surface area contributed by atoms with Crippen LogP contribution in [0.15, 0.2) is 18.2 Å². The zero-order chi connectivity index (χ0) is 13.1. The standard InChI is InChI=1S/C12H14F2N2OS/c1-15(9-2-3-10(13)11(14)8-9)12(17)16-4-6-18-7-5-16/h2-3,8H,4-7H2,1H3. The first-order chi connectivity index (χ1) is 8.59. The number of urea groups is 1. The lowest BCUT2D eigenvalue weighted by Gasteiger charge is -2.30. The molecule has 0 bridgehead atoms. The van der Waals surface area contributed by atoms with Gasteiger partial charge in [0.25, 0.3) is 0 Å². The molecule has 0 atom stereocenters. The second-order valence-corrected chi connectivity index (χ2v) is 5.26. The fourth-order valence-electron chi connectivity index (χ4n) is 1.77. The molecule has 0 aliphatic carbocycles. The Morgan fingerprint density at radius 2 is 1.94 bits per heavy atom. The van der Waals surface area contributed by atoms with Crippen LogP contribution in [0.1, 0.15) is 0 Å². The number of amides is 2. The van der Waals surface area contributed by atoms with Gasteiger partial charge in [0.05, 0.1) is 0 Å². The third kappa shape index (κ3) is 2.75. The molecule has 0 N–H and O–H groups in total. The number of hydrogen-bond acceptors (Lipinski definition) is 2. The summed E-state index contributed by atoms with van der Waals surface area (Å²) < 4.78 is 25.9. The fraction of sp³-hybridized carbons (Fsp3) is 0.417. The Labute approximate surface area is 109 Å². The van der Waals surface area contributed by atoms with E-state index in [0.29, 0.717) is 18.8 Å². The largest absolute Gasteiger partial charge is 0.324 e. The van der Waals surface area contributed by atoms with E-state index in [4.69, 9.17) is 0 Å². The van der Waals surface area contributed by atoms with Crippen LogP contribution < -0.4 is 4.90 Å². The predicted molar refractivity (Wildman–Crippen MR) is 69.1 cm³/mol. The van der Waals surface area contributed by atoms with Crippen LogP contribution in [-0.2, 0) is 0 Å². The third-order valence-corrected chi connectivity index (χ3v) is 3.80. The summed E-state index contributed by atoms with van der Waals surface area (Å²) >= 11 is 1.81. The normalized spacial score (nSPS) is 15.6. The smallest absolute Gasteiger partial charge is 0.323 e. The van der Waals surface area contributed by atoms with E-state index in [1.54, 1.807) is 23.7 Å². The summed E-state index contributed by atoms with van der Waals surface area (Å²) in [5, 5.41) is 0. The molecule has 1 aromatic carbocycles. The zero-order valence-corrected chi connectivity index (χ0v) is 10.8. The highest BCUT2D eigenvalue weighted by Crippen LogP contribution is 2.19. The maximum atomic E-state index is 13.1. The van der Waals surface area contributed by atoms with Crippen LogP contribution in [0.25, 0.3) is 0 Å². The third-order valence-electron chi connectivity index (χ3n) is 2.86.